The van der Waals surface area contributed by atoms with Gasteiger partial charge in [0.2, 0.25) is 14.9 Å². The van der Waals surface area contributed by atoms with E-state index in [1.165, 1.54) is 17.7 Å². The number of benzene rings is 1. The van der Waals surface area contributed by atoms with Crippen molar-refractivity contribution in [2.75, 3.05) is 12.8 Å². The van der Waals surface area contributed by atoms with Gasteiger partial charge in [0.25, 0.3) is 5.91 Å². The first kappa shape index (κ1) is 16.8. The van der Waals surface area contributed by atoms with Crippen LogP contribution in [0.25, 0.3) is 0 Å². The van der Waals surface area contributed by atoms with Gasteiger partial charge in [0.15, 0.2) is 5.76 Å². The minimum atomic E-state index is -3.44. The number of carbonyl (C=O) groups excluding carboxylic acids is 1. The van der Waals surface area contributed by atoms with E-state index in [1.54, 1.807) is 0 Å². The first-order chi connectivity index (χ1) is 11.4. The Kier molecular flexibility index (Phi) is 4.76. The fraction of sp³-hybridized carbons (Fsp3) is 0.389. The van der Waals surface area contributed by atoms with E-state index in [1.807, 2.05) is 23.1 Å². The Morgan fingerprint density at radius 3 is 2.62 bits per heavy atom. The molecule has 6 heteroatoms. The molecule has 0 spiro atoms. The Hall–Kier alpha value is -2.08. The Bertz CT molecular complexity index is 811. The van der Waals surface area contributed by atoms with E-state index in [2.05, 4.69) is 12.1 Å². The molecule has 3 rings (SSSR count). The summed E-state index contributed by atoms with van der Waals surface area (Å²) in [5, 5.41) is -0.161. The maximum Gasteiger partial charge on any atom is 0.289 e. The molecule has 0 aliphatic carbocycles. The summed E-state index contributed by atoms with van der Waals surface area (Å²) in [4.78, 5) is 14.5. The molecule has 0 radical (unpaired) electrons. The van der Waals surface area contributed by atoms with Gasteiger partial charge < -0.3 is 9.32 Å². The SMILES string of the molecule is CS(=O)(=O)c1ccc(C(=O)N2CCC[C@H]2CCc2ccccc2)o1. The van der Waals surface area contributed by atoms with Crippen molar-refractivity contribution in [1.82, 2.24) is 4.90 Å². The lowest BCUT2D eigenvalue weighted by molar-refractivity contribution is 0.0692. The minimum absolute atomic E-state index is 0.0991. The molecule has 2 aromatic rings. The Balaban J connectivity index is 1.68. The Morgan fingerprint density at radius 2 is 1.96 bits per heavy atom. The molecule has 1 saturated heterocycles. The average molecular weight is 347 g/mol. The van der Waals surface area contributed by atoms with Crippen molar-refractivity contribution >= 4 is 15.7 Å². The van der Waals surface area contributed by atoms with Crippen LogP contribution in [0, 0.1) is 0 Å². The number of hydrogen-bond acceptors (Lipinski definition) is 4. The van der Waals surface area contributed by atoms with E-state index in [4.69, 9.17) is 4.42 Å². The van der Waals surface area contributed by atoms with Crippen molar-refractivity contribution in [1.29, 1.82) is 0 Å². The molecule has 1 fully saturated rings. The Labute approximate surface area is 142 Å². The third-order valence-corrected chi connectivity index (χ3v) is 5.35. The Morgan fingerprint density at radius 1 is 1.21 bits per heavy atom. The smallest absolute Gasteiger partial charge is 0.289 e. The first-order valence-corrected chi connectivity index (χ1v) is 9.99. The zero-order valence-corrected chi connectivity index (χ0v) is 14.5. The van der Waals surface area contributed by atoms with Crippen LogP contribution in [0.2, 0.25) is 0 Å². The fourth-order valence-corrected chi connectivity index (χ4v) is 3.71. The molecule has 1 aliphatic heterocycles. The largest absolute Gasteiger partial charge is 0.440 e. The van der Waals surface area contributed by atoms with Crippen molar-refractivity contribution in [3.63, 3.8) is 0 Å². The van der Waals surface area contributed by atoms with Gasteiger partial charge in [-0.1, -0.05) is 30.3 Å². The normalized spacial score (nSPS) is 18.0. The van der Waals surface area contributed by atoms with Crippen LogP contribution in [-0.4, -0.2) is 38.1 Å². The van der Waals surface area contributed by atoms with Gasteiger partial charge in [-0.25, -0.2) is 8.42 Å². The average Bonchev–Trinajstić information content (AvgIpc) is 3.22. The maximum absolute atomic E-state index is 12.6. The standard InChI is InChI=1S/C18H21NO4S/c1-24(21,22)17-12-11-16(23-17)18(20)19-13-5-8-15(19)10-9-14-6-3-2-4-7-14/h2-4,6-7,11-12,15H,5,8-10,13H2,1H3/t15-/m0/s1. The molecule has 0 bridgehead atoms. The number of aryl methyl sites for hydroxylation is 1. The van der Waals surface area contributed by atoms with Crippen LogP contribution >= 0.6 is 0 Å². The second-order valence-corrected chi connectivity index (χ2v) is 8.16. The van der Waals surface area contributed by atoms with Crippen molar-refractivity contribution in [3.8, 4) is 0 Å². The van der Waals surface area contributed by atoms with Gasteiger partial charge in [-0.2, -0.15) is 0 Å². The highest BCUT2D eigenvalue weighted by Crippen LogP contribution is 2.25. The second-order valence-electron chi connectivity index (χ2n) is 6.21. The summed E-state index contributed by atoms with van der Waals surface area (Å²) in [6.45, 7) is 0.688. The van der Waals surface area contributed by atoms with Crippen molar-refractivity contribution < 1.29 is 17.6 Å². The summed E-state index contributed by atoms with van der Waals surface area (Å²) in [5.41, 5.74) is 1.26. The van der Waals surface area contributed by atoms with Gasteiger partial charge in [-0.15, -0.1) is 0 Å². The minimum Gasteiger partial charge on any atom is -0.440 e. The summed E-state index contributed by atoms with van der Waals surface area (Å²) in [6, 6.07) is 13.2. The molecule has 24 heavy (non-hydrogen) atoms. The van der Waals surface area contributed by atoms with Crippen molar-refractivity contribution in [2.24, 2.45) is 0 Å². The van der Waals surface area contributed by atoms with Crippen LogP contribution in [0.15, 0.2) is 52.0 Å². The van der Waals surface area contributed by atoms with Gasteiger partial charge in [0.1, 0.15) is 0 Å². The van der Waals surface area contributed by atoms with Gasteiger partial charge in [-0.3, -0.25) is 4.79 Å². The number of nitrogens with zero attached hydrogens (tertiary/aromatic N) is 1. The summed E-state index contributed by atoms with van der Waals surface area (Å²) in [7, 11) is -3.44. The zero-order chi connectivity index (χ0) is 17.2. The predicted octanol–water partition coefficient (Wildman–Crippen LogP) is 2.92. The van der Waals surface area contributed by atoms with Crippen LogP contribution in [0.4, 0.5) is 0 Å². The summed E-state index contributed by atoms with van der Waals surface area (Å²) < 4.78 is 28.2. The van der Waals surface area contributed by atoms with Crippen LogP contribution in [0.1, 0.15) is 35.4 Å². The van der Waals surface area contributed by atoms with Crippen LogP contribution in [-0.2, 0) is 16.3 Å². The first-order valence-electron chi connectivity index (χ1n) is 8.10. The molecule has 128 valence electrons. The number of likely N-dealkylation sites (tertiary alicyclic amines) is 1. The van der Waals surface area contributed by atoms with E-state index < -0.39 is 9.84 Å². The van der Waals surface area contributed by atoms with Crippen molar-refractivity contribution in [3.05, 3.63) is 53.8 Å². The topological polar surface area (TPSA) is 67.6 Å². The number of furan rings is 1. The van der Waals surface area contributed by atoms with Gasteiger partial charge in [-0.05, 0) is 43.4 Å². The van der Waals surface area contributed by atoms with Gasteiger partial charge >= 0.3 is 0 Å². The third-order valence-electron chi connectivity index (χ3n) is 4.40. The molecule has 1 amide bonds. The quantitative estimate of drug-likeness (QED) is 0.834. The molecule has 1 aromatic heterocycles. The molecule has 1 aliphatic rings. The lowest BCUT2D eigenvalue weighted by Crippen LogP contribution is -2.35. The van der Waals surface area contributed by atoms with Crippen LogP contribution in [0.5, 0.6) is 0 Å². The molecule has 0 unspecified atom stereocenters. The molecule has 0 saturated carbocycles. The molecule has 5 nitrogen and oxygen atoms in total. The zero-order valence-electron chi connectivity index (χ0n) is 13.6. The highest BCUT2D eigenvalue weighted by molar-refractivity contribution is 7.90. The van der Waals surface area contributed by atoms with E-state index in [-0.39, 0.29) is 22.8 Å². The van der Waals surface area contributed by atoms with Gasteiger partial charge in [0.05, 0.1) is 0 Å². The monoisotopic (exact) mass is 347 g/mol. The van der Waals surface area contributed by atoms with E-state index in [0.717, 1.165) is 31.9 Å². The molecule has 1 atom stereocenters. The summed E-state index contributed by atoms with van der Waals surface area (Å²) in [5.74, 6) is -0.123. The summed E-state index contributed by atoms with van der Waals surface area (Å²) in [6.07, 6.45) is 4.82. The van der Waals surface area contributed by atoms with Crippen LogP contribution in [0.3, 0.4) is 0 Å². The van der Waals surface area contributed by atoms with E-state index in [9.17, 15) is 13.2 Å². The fourth-order valence-electron chi connectivity index (χ4n) is 3.16. The number of sulfone groups is 1. The van der Waals surface area contributed by atoms with E-state index >= 15 is 0 Å². The number of carbonyl (C=O) groups is 1. The lowest BCUT2D eigenvalue weighted by atomic mass is 10.0. The van der Waals surface area contributed by atoms with Crippen molar-refractivity contribution in [2.45, 2.75) is 36.8 Å². The number of hydrogen-bond donors (Lipinski definition) is 0. The molecule has 0 N–H and O–H groups in total. The number of amides is 1. The lowest BCUT2D eigenvalue weighted by Gasteiger charge is -2.23. The number of rotatable bonds is 5. The van der Waals surface area contributed by atoms with Gasteiger partial charge in [0, 0.05) is 18.8 Å². The van der Waals surface area contributed by atoms with E-state index in [0.29, 0.717) is 6.54 Å². The summed E-state index contributed by atoms with van der Waals surface area (Å²) >= 11 is 0. The highest BCUT2D eigenvalue weighted by atomic mass is 32.2. The third kappa shape index (κ3) is 3.70. The molecule has 2 heterocycles. The highest BCUT2D eigenvalue weighted by Gasteiger charge is 2.31. The second kappa shape index (κ2) is 6.81. The molecular formula is C18H21NO4S. The van der Waals surface area contributed by atoms with Crippen LogP contribution < -0.4 is 0 Å². The molecule has 1 aromatic carbocycles. The predicted molar refractivity (Wildman–Crippen MR) is 90.6 cm³/mol. The maximum atomic E-state index is 12.6. The molecular weight excluding hydrogens is 326 g/mol.